The molecule has 0 aliphatic heterocycles. The number of hydrogen-bond acceptors (Lipinski definition) is 4. The molecule has 0 fully saturated rings. The van der Waals surface area contributed by atoms with Crippen molar-refractivity contribution in [1.29, 1.82) is 0 Å². The van der Waals surface area contributed by atoms with Gasteiger partial charge in [-0.2, -0.15) is 0 Å². The molecule has 3 N–H and O–H groups in total. The molecule has 0 radical (unpaired) electrons. The standard InChI is InChI=1S/C8H10N4OS/c13-8-12-7(4-14-8)3-9-1-6-2-10-5-11-6/h2,4-5,9H,1,3H2,(H,10,11)(H,12,13). The summed E-state index contributed by atoms with van der Waals surface area (Å²) in [7, 11) is 0. The molecule has 2 rings (SSSR count). The molecule has 0 spiro atoms. The van der Waals surface area contributed by atoms with Gasteiger partial charge in [0.25, 0.3) is 0 Å². The van der Waals surface area contributed by atoms with Crippen molar-refractivity contribution in [2.45, 2.75) is 13.1 Å². The van der Waals surface area contributed by atoms with E-state index >= 15 is 0 Å². The molecule has 2 aromatic rings. The number of aromatic amines is 2. The summed E-state index contributed by atoms with van der Waals surface area (Å²) in [6.07, 6.45) is 3.41. The first-order valence-electron chi connectivity index (χ1n) is 4.19. The van der Waals surface area contributed by atoms with E-state index < -0.39 is 0 Å². The molecule has 2 aromatic heterocycles. The van der Waals surface area contributed by atoms with Crippen LogP contribution in [0, 0.1) is 0 Å². The van der Waals surface area contributed by atoms with Crippen LogP contribution in [0.1, 0.15) is 11.4 Å². The maximum atomic E-state index is 10.8. The Morgan fingerprint density at radius 2 is 2.29 bits per heavy atom. The number of thiazole rings is 1. The SMILES string of the molecule is O=c1[nH]c(CNCc2cnc[nH]2)cs1. The fourth-order valence-corrected chi connectivity index (χ4v) is 1.70. The maximum absolute atomic E-state index is 10.8. The molecule has 0 atom stereocenters. The summed E-state index contributed by atoms with van der Waals surface area (Å²) in [6.45, 7) is 1.38. The van der Waals surface area contributed by atoms with Gasteiger partial charge in [-0.3, -0.25) is 4.79 Å². The van der Waals surface area contributed by atoms with Crippen molar-refractivity contribution < 1.29 is 0 Å². The zero-order valence-corrected chi connectivity index (χ0v) is 8.23. The van der Waals surface area contributed by atoms with Gasteiger partial charge in [-0.05, 0) is 0 Å². The molecular formula is C8H10N4OS. The lowest BCUT2D eigenvalue weighted by Gasteiger charge is -1.99. The number of imidazole rings is 1. The van der Waals surface area contributed by atoms with Crippen LogP contribution in [0.5, 0.6) is 0 Å². The van der Waals surface area contributed by atoms with Crippen molar-refractivity contribution in [2.75, 3.05) is 0 Å². The number of nitrogens with zero attached hydrogens (tertiary/aromatic N) is 1. The van der Waals surface area contributed by atoms with Crippen molar-refractivity contribution in [3.8, 4) is 0 Å². The van der Waals surface area contributed by atoms with Crippen molar-refractivity contribution in [3.63, 3.8) is 0 Å². The summed E-state index contributed by atoms with van der Waals surface area (Å²) in [5, 5.41) is 5.00. The van der Waals surface area contributed by atoms with Crippen molar-refractivity contribution in [2.24, 2.45) is 0 Å². The largest absolute Gasteiger partial charge is 0.347 e. The van der Waals surface area contributed by atoms with Crippen molar-refractivity contribution in [1.82, 2.24) is 20.3 Å². The third-order valence-electron chi connectivity index (χ3n) is 1.76. The lowest BCUT2D eigenvalue weighted by molar-refractivity contribution is 0.671. The van der Waals surface area contributed by atoms with Gasteiger partial charge < -0.3 is 15.3 Å². The van der Waals surface area contributed by atoms with Gasteiger partial charge in [-0.25, -0.2) is 4.98 Å². The molecule has 0 amide bonds. The van der Waals surface area contributed by atoms with Crippen molar-refractivity contribution >= 4 is 11.3 Å². The molecule has 0 unspecified atom stereocenters. The van der Waals surface area contributed by atoms with E-state index in [4.69, 9.17) is 0 Å². The molecule has 74 valence electrons. The Hall–Kier alpha value is -1.40. The van der Waals surface area contributed by atoms with Gasteiger partial charge in [0, 0.05) is 36.1 Å². The van der Waals surface area contributed by atoms with E-state index in [0.29, 0.717) is 6.54 Å². The number of aromatic nitrogens is 3. The Balaban J connectivity index is 1.81. The summed E-state index contributed by atoms with van der Waals surface area (Å²) in [5.41, 5.74) is 1.95. The van der Waals surface area contributed by atoms with Crippen LogP contribution in [0.25, 0.3) is 0 Å². The van der Waals surface area contributed by atoms with Gasteiger partial charge in [-0.15, -0.1) is 0 Å². The predicted molar refractivity (Wildman–Crippen MR) is 54.1 cm³/mol. The zero-order chi connectivity index (χ0) is 9.80. The van der Waals surface area contributed by atoms with Crippen LogP contribution in [0.15, 0.2) is 22.7 Å². The van der Waals surface area contributed by atoms with Gasteiger partial charge in [0.15, 0.2) is 0 Å². The average molecular weight is 210 g/mol. The number of nitrogens with one attached hydrogen (secondary N) is 3. The highest BCUT2D eigenvalue weighted by atomic mass is 32.1. The maximum Gasteiger partial charge on any atom is 0.304 e. The molecule has 0 aliphatic rings. The summed E-state index contributed by atoms with van der Waals surface area (Å²) in [6, 6.07) is 0. The second-order valence-electron chi connectivity index (χ2n) is 2.85. The summed E-state index contributed by atoms with van der Waals surface area (Å²) in [4.78, 5) is 20.4. The molecule has 0 bridgehead atoms. The minimum absolute atomic E-state index is 0.0108. The van der Waals surface area contributed by atoms with Gasteiger partial charge in [0.1, 0.15) is 0 Å². The van der Waals surface area contributed by atoms with E-state index in [1.807, 2.05) is 5.38 Å². The molecule has 0 aromatic carbocycles. The Morgan fingerprint density at radius 1 is 1.43 bits per heavy atom. The van der Waals surface area contributed by atoms with Crippen LogP contribution in [0.3, 0.4) is 0 Å². The molecule has 0 saturated heterocycles. The summed E-state index contributed by atoms with van der Waals surface area (Å²) < 4.78 is 0. The molecule has 2 heterocycles. The first-order valence-corrected chi connectivity index (χ1v) is 5.07. The van der Waals surface area contributed by atoms with E-state index in [1.165, 1.54) is 11.3 Å². The van der Waals surface area contributed by atoms with E-state index in [-0.39, 0.29) is 4.87 Å². The van der Waals surface area contributed by atoms with Gasteiger partial charge in [0.2, 0.25) is 0 Å². The quantitative estimate of drug-likeness (QED) is 0.686. The van der Waals surface area contributed by atoms with Gasteiger partial charge in [-0.1, -0.05) is 11.3 Å². The topological polar surface area (TPSA) is 73.6 Å². The zero-order valence-electron chi connectivity index (χ0n) is 7.41. The molecule has 0 saturated carbocycles. The van der Waals surface area contributed by atoms with Crippen LogP contribution in [-0.2, 0) is 13.1 Å². The van der Waals surface area contributed by atoms with Gasteiger partial charge >= 0.3 is 4.87 Å². The van der Waals surface area contributed by atoms with Crippen LogP contribution in [-0.4, -0.2) is 15.0 Å². The molecule has 6 heteroatoms. The predicted octanol–water partition coefficient (Wildman–Crippen LogP) is 0.449. The Labute approximate surface area is 84.2 Å². The lowest BCUT2D eigenvalue weighted by Crippen LogP contribution is -2.13. The highest BCUT2D eigenvalue weighted by Gasteiger charge is 1.96. The summed E-state index contributed by atoms with van der Waals surface area (Å²) in [5.74, 6) is 0. The van der Waals surface area contributed by atoms with Crippen LogP contribution in [0.2, 0.25) is 0 Å². The highest BCUT2D eigenvalue weighted by molar-refractivity contribution is 7.07. The molecule has 0 aliphatic carbocycles. The average Bonchev–Trinajstić information content (AvgIpc) is 2.77. The number of H-pyrrole nitrogens is 2. The van der Waals surface area contributed by atoms with Crippen molar-refractivity contribution in [3.05, 3.63) is 39.0 Å². The second kappa shape index (κ2) is 4.21. The minimum Gasteiger partial charge on any atom is -0.347 e. The Bertz CT molecular complexity index is 430. The smallest absolute Gasteiger partial charge is 0.304 e. The van der Waals surface area contributed by atoms with Crippen LogP contribution < -0.4 is 10.2 Å². The van der Waals surface area contributed by atoms with E-state index in [1.54, 1.807) is 12.5 Å². The monoisotopic (exact) mass is 210 g/mol. The minimum atomic E-state index is -0.0108. The third-order valence-corrected chi connectivity index (χ3v) is 2.48. The van der Waals surface area contributed by atoms with E-state index in [0.717, 1.165) is 17.9 Å². The highest BCUT2D eigenvalue weighted by Crippen LogP contribution is 1.96. The first kappa shape index (κ1) is 9.17. The van der Waals surface area contributed by atoms with E-state index in [2.05, 4.69) is 20.3 Å². The lowest BCUT2D eigenvalue weighted by atomic mass is 10.4. The van der Waals surface area contributed by atoms with Crippen LogP contribution >= 0.6 is 11.3 Å². The fraction of sp³-hybridized carbons (Fsp3) is 0.250. The first-order chi connectivity index (χ1) is 6.84. The van der Waals surface area contributed by atoms with Crippen LogP contribution in [0.4, 0.5) is 0 Å². The normalized spacial score (nSPS) is 10.6. The van der Waals surface area contributed by atoms with Gasteiger partial charge in [0.05, 0.1) is 6.33 Å². The summed E-state index contributed by atoms with van der Waals surface area (Å²) >= 11 is 1.18. The Kier molecular flexibility index (Phi) is 2.76. The molecule has 5 nitrogen and oxygen atoms in total. The Morgan fingerprint density at radius 3 is 2.93 bits per heavy atom. The fourth-order valence-electron chi connectivity index (χ4n) is 1.11. The molecular weight excluding hydrogens is 200 g/mol. The van der Waals surface area contributed by atoms with E-state index in [9.17, 15) is 4.79 Å². The second-order valence-corrected chi connectivity index (χ2v) is 3.70. The number of rotatable bonds is 4. The number of hydrogen-bond donors (Lipinski definition) is 3. The third kappa shape index (κ3) is 2.30. The molecule has 14 heavy (non-hydrogen) atoms.